The van der Waals surface area contributed by atoms with Gasteiger partial charge >= 0.3 is 12.1 Å². The number of aliphatic hydroxyl groups excluding tert-OH is 3. The summed E-state index contributed by atoms with van der Waals surface area (Å²) in [5.74, 6) is -7.71. The molecule has 8 N–H and O–H groups in total. The number of alkyl carbamates (subject to hydrolysis) is 1. The molecule has 7 rings (SSSR count). The Labute approximate surface area is 425 Å². The van der Waals surface area contributed by atoms with Crippen molar-refractivity contribution in [1.82, 2.24) is 25.3 Å². The number of benzene rings is 3. The third kappa shape index (κ3) is 13.1. The number of nitrogens with zero attached hydrogens (tertiary/aromatic N) is 3. The maximum absolute atomic E-state index is 13.7. The molecule has 2 aliphatic rings. The quantitative estimate of drug-likeness (QED) is 0.0446. The van der Waals surface area contributed by atoms with Crippen molar-refractivity contribution >= 4 is 62.8 Å². The van der Waals surface area contributed by atoms with Crippen LogP contribution in [0.2, 0.25) is 0 Å². The zero-order valence-corrected chi connectivity index (χ0v) is 40.8. The van der Waals surface area contributed by atoms with Gasteiger partial charge in [-0.15, -0.1) is 0 Å². The molecule has 0 bridgehead atoms. The van der Waals surface area contributed by atoms with E-state index in [1.54, 1.807) is 66.5 Å². The van der Waals surface area contributed by atoms with Crippen LogP contribution < -0.4 is 30.6 Å². The second-order valence-corrected chi connectivity index (χ2v) is 20.0. The number of anilines is 1. The molecule has 0 radical (unpaired) electrons. The van der Waals surface area contributed by atoms with Crippen LogP contribution in [-0.4, -0.2) is 135 Å². The first-order valence-electron chi connectivity index (χ1n) is 22.8. The molecule has 23 nitrogen and oxygen atoms in total. The van der Waals surface area contributed by atoms with Crippen molar-refractivity contribution in [2.75, 3.05) is 18.4 Å². The van der Waals surface area contributed by atoms with Crippen LogP contribution in [0.5, 0.6) is 5.75 Å². The third-order valence-electron chi connectivity index (χ3n) is 11.4. The number of amides is 6. The molecule has 75 heavy (non-hydrogen) atoms. The van der Waals surface area contributed by atoms with E-state index in [0.717, 1.165) is 12.2 Å². The highest BCUT2D eigenvalue weighted by Gasteiger charge is 2.48. The normalized spacial score (nSPS) is 19.1. The lowest BCUT2D eigenvalue weighted by molar-refractivity contribution is -0.661. The summed E-state index contributed by atoms with van der Waals surface area (Å²) in [6, 6.07) is 13.4. The highest BCUT2D eigenvalue weighted by Crippen LogP contribution is 2.31. The number of carboxylic acids is 1. The number of aliphatic carboxylic acids is 1. The second kappa shape index (κ2) is 22.5. The highest BCUT2D eigenvalue weighted by molar-refractivity contribution is 7.91. The number of aromatic nitrogens is 2. The van der Waals surface area contributed by atoms with Gasteiger partial charge < -0.3 is 55.9 Å². The standard InChI is InChI=1S/C49H49F2N7O16S/c1-49(2,3)74-48(69)54-23-34(58-38(60)12-13-39(58)61)45(66)52-15-14-36(59)55-33-18-27(6-10-35(33)72-47-42(64)40(62)41(63)43(73-47)46(67)68)24-56-16-17-57-25-28(7-11-37(56)57)44(65)53-22-26-4-8-31(9-5-26)75(70,71)32-20-29(50)19-30(51)21-32/h4-13,16-21,25,34,40-43,47,62-64H,14-15,22-24H2,1-3H3,(H4-,52,53,54,55,59,65,66,67,68,69)/p+1/t34?,40-,41-,42+,43-,47+/m0/s1. The van der Waals surface area contributed by atoms with E-state index in [2.05, 4.69) is 21.3 Å². The molecule has 1 unspecified atom stereocenters. The summed E-state index contributed by atoms with van der Waals surface area (Å²) in [7, 11) is -4.23. The fourth-order valence-electron chi connectivity index (χ4n) is 7.75. The van der Waals surface area contributed by atoms with Gasteiger partial charge in [0.1, 0.15) is 72.5 Å². The van der Waals surface area contributed by atoms with Crippen molar-refractivity contribution in [2.45, 2.75) is 92.4 Å². The number of fused-ring (bicyclic) bond motifs is 1. The number of ether oxygens (including phenoxy) is 3. The van der Waals surface area contributed by atoms with Gasteiger partial charge in [-0.25, -0.2) is 35.8 Å². The van der Waals surface area contributed by atoms with Gasteiger partial charge in [-0.2, -0.15) is 0 Å². The van der Waals surface area contributed by atoms with Gasteiger partial charge in [-0.3, -0.25) is 28.9 Å². The molecular weight excluding hydrogens is 1010 g/mol. The molecule has 4 heterocycles. The lowest BCUT2D eigenvalue weighted by atomic mass is 9.99. The minimum atomic E-state index is -4.23. The molecule has 26 heteroatoms. The number of carboxylic acid groups (broad SMARTS) is 1. The largest absolute Gasteiger partial charge is 0.479 e. The van der Waals surface area contributed by atoms with E-state index in [9.17, 15) is 71.2 Å². The Balaban J connectivity index is 1.03. The number of imide groups is 1. The van der Waals surface area contributed by atoms with E-state index >= 15 is 0 Å². The molecule has 6 amide bonds. The van der Waals surface area contributed by atoms with Gasteiger partial charge in [0.15, 0.2) is 6.10 Å². The number of halogens is 2. The molecule has 0 spiro atoms. The van der Waals surface area contributed by atoms with Crippen molar-refractivity contribution in [3.8, 4) is 5.75 Å². The molecule has 396 valence electrons. The number of carbonyl (C=O) groups is 7. The number of carbonyl (C=O) groups excluding carboxylic acids is 6. The maximum Gasteiger partial charge on any atom is 0.407 e. The first-order chi connectivity index (χ1) is 35.4. The minimum absolute atomic E-state index is 0.00423. The number of hydrogen-bond acceptors (Lipinski definition) is 15. The average Bonchev–Trinajstić information content (AvgIpc) is 3.90. The first-order valence-corrected chi connectivity index (χ1v) is 24.3. The zero-order chi connectivity index (χ0) is 54.5. The predicted molar refractivity (Wildman–Crippen MR) is 253 cm³/mol. The minimum Gasteiger partial charge on any atom is -0.479 e. The van der Waals surface area contributed by atoms with E-state index in [4.69, 9.17) is 14.2 Å². The molecule has 5 aromatic rings. The van der Waals surface area contributed by atoms with Gasteiger partial charge in [0.25, 0.3) is 23.4 Å². The maximum atomic E-state index is 13.7. The topological polar surface area (TPSA) is 322 Å². The van der Waals surface area contributed by atoms with Crippen molar-refractivity contribution in [3.05, 3.63) is 132 Å². The molecule has 1 saturated heterocycles. The van der Waals surface area contributed by atoms with E-state index < -0.39 is 123 Å². The summed E-state index contributed by atoms with van der Waals surface area (Å²) < 4.78 is 73.1. The van der Waals surface area contributed by atoms with E-state index in [1.165, 1.54) is 36.4 Å². The second-order valence-electron chi connectivity index (χ2n) is 18.1. The molecule has 0 aliphatic carbocycles. The van der Waals surface area contributed by atoms with Gasteiger partial charge in [0, 0.05) is 43.8 Å². The Morgan fingerprint density at radius 2 is 1.49 bits per heavy atom. The van der Waals surface area contributed by atoms with Gasteiger partial charge in [-0.05, 0) is 74.4 Å². The summed E-state index contributed by atoms with van der Waals surface area (Å²) >= 11 is 0. The Morgan fingerprint density at radius 3 is 2.15 bits per heavy atom. The summed E-state index contributed by atoms with van der Waals surface area (Å²) in [5.41, 5.74) is 0.911. The van der Waals surface area contributed by atoms with Crippen molar-refractivity contribution in [2.24, 2.45) is 0 Å². The molecule has 3 aromatic carbocycles. The van der Waals surface area contributed by atoms with Gasteiger partial charge in [0.05, 0.1) is 27.6 Å². The molecule has 6 atom stereocenters. The Kier molecular flexibility index (Phi) is 16.4. The zero-order valence-electron chi connectivity index (χ0n) is 40.0. The number of hydrogen-bond donors (Lipinski definition) is 8. The van der Waals surface area contributed by atoms with Crippen LogP contribution in [0.3, 0.4) is 0 Å². The van der Waals surface area contributed by atoms with Crippen LogP contribution in [0, 0.1) is 11.6 Å². The highest BCUT2D eigenvalue weighted by atomic mass is 32.2. The fraction of sp³-hybridized carbons (Fsp3) is 0.306. The number of aliphatic hydroxyl groups is 3. The molecule has 2 aliphatic heterocycles. The van der Waals surface area contributed by atoms with Crippen LogP contribution in [0.25, 0.3) is 5.65 Å². The van der Waals surface area contributed by atoms with Crippen LogP contribution in [0.1, 0.15) is 48.7 Å². The number of rotatable bonds is 18. The summed E-state index contributed by atoms with van der Waals surface area (Å²) in [4.78, 5) is 89.3. The Hall–Kier alpha value is -8.17. The summed E-state index contributed by atoms with van der Waals surface area (Å²) in [6.45, 7) is 4.04. The monoisotopic (exact) mass is 1060 g/mol. The number of sulfone groups is 1. The van der Waals surface area contributed by atoms with Crippen molar-refractivity contribution < 1.29 is 90.0 Å². The van der Waals surface area contributed by atoms with E-state index in [1.807, 2.05) is 0 Å². The van der Waals surface area contributed by atoms with E-state index in [-0.39, 0.29) is 41.5 Å². The van der Waals surface area contributed by atoms with Crippen LogP contribution in [0.15, 0.2) is 113 Å². The number of nitrogens with one attached hydrogen (secondary N) is 4. The van der Waals surface area contributed by atoms with E-state index in [0.29, 0.717) is 39.9 Å². The van der Waals surface area contributed by atoms with Crippen molar-refractivity contribution in [3.63, 3.8) is 0 Å². The van der Waals surface area contributed by atoms with Crippen LogP contribution >= 0.6 is 0 Å². The van der Waals surface area contributed by atoms with Crippen LogP contribution in [0.4, 0.5) is 19.3 Å². The SMILES string of the molecule is CC(C)(C)OC(=O)NCC(C(=O)NCCC(=O)Nc1cc(C[n+]2ccn3cc(C(=O)NCc4ccc(S(=O)(=O)c5cc(F)cc(F)c5)cc4)ccc32)ccc1O[C@@H]1O[C@H](C(=O)O)[C@@H](O)[C@H](O)[C@H]1O)N1C(=O)C=CC1=O. The van der Waals surface area contributed by atoms with Gasteiger partial charge in [0.2, 0.25) is 27.9 Å². The fourth-order valence-corrected chi connectivity index (χ4v) is 9.05. The first kappa shape index (κ1) is 54.6. The average molecular weight is 1060 g/mol. The van der Waals surface area contributed by atoms with Crippen LogP contribution in [-0.2, 0) is 56.4 Å². The lowest BCUT2D eigenvalue weighted by Crippen LogP contribution is -2.61. The van der Waals surface area contributed by atoms with Crippen molar-refractivity contribution in [1.29, 1.82) is 0 Å². The molecule has 1 fully saturated rings. The number of imidazole rings is 1. The number of pyridine rings is 1. The smallest absolute Gasteiger partial charge is 0.407 e. The Bertz CT molecular complexity index is 3160. The lowest BCUT2D eigenvalue weighted by Gasteiger charge is -2.38. The summed E-state index contributed by atoms with van der Waals surface area (Å²) in [6.07, 6.45) is -4.43. The predicted octanol–water partition coefficient (Wildman–Crippen LogP) is 0.850. The molecule has 0 saturated carbocycles. The third-order valence-corrected chi connectivity index (χ3v) is 13.2. The Morgan fingerprint density at radius 1 is 0.827 bits per heavy atom. The van der Waals surface area contributed by atoms with Gasteiger partial charge in [-0.1, -0.05) is 18.2 Å². The summed E-state index contributed by atoms with van der Waals surface area (Å²) in [5, 5.41) is 51.1. The molecular formula is C49H50F2N7O16S+. The molecule has 2 aromatic heterocycles.